The number of carbonyl (C=O) groups is 2. The second kappa shape index (κ2) is 10.2. The van der Waals surface area contributed by atoms with Crippen LogP contribution in [-0.2, 0) is 42.1 Å². The molecule has 33 heavy (non-hydrogen) atoms. The molecule has 1 aromatic rings. The number of nitro groups is 1. The molecule has 3 rings (SSSR count). The zero-order valence-electron chi connectivity index (χ0n) is 17.6. The number of nitro benzene ring substituents is 1. The molecule has 2 aliphatic rings. The number of aliphatic hydroxyl groups excluding tert-OH is 1. The summed E-state index contributed by atoms with van der Waals surface area (Å²) in [6.07, 6.45) is 1.33. The van der Waals surface area contributed by atoms with Gasteiger partial charge in [0, 0.05) is 25.2 Å². The first-order valence-electron chi connectivity index (χ1n) is 9.94. The summed E-state index contributed by atoms with van der Waals surface area (Å²) in [4.78, 5) is 37.0. The van der Waals surface area contributed by atoms with Gasteiger partial charge < -0.3 is 14.4 Å². The fourth-order valence-electron chi connectivity index (χ4n) is 3.78. The van der Waals surface area contributed by atoms with Crippen molar-refractivity contribution in [2.75, 3.05) is 25.2 Å². The van der Waals surface area contributed by atoms with E-state index in [-0.39, 0.29) is 60.5 Å². The quantitative estimate of drug-likeness (QED) is 0.136. The Labute approximate surface area is 193 Å². The molecule has 2 heterocycles. The molecule has 3 unspecified atom stereocenters. The minimum atomic E-state index is -3.48. The summed E-state index contributed by atoms with van der Waals surface area (Å²) in [5.41, 5.74) is 0.240. The van der Waals surface area contributed by atoms with Crippen LogP contribution in [0.1, 0.15) is 18.4 Å². The maximum atomic E-state index is 12.9. The van der Waals surface area contributed by atoms with Crippen molar-refractivity contribution in [1.29, 1.82) is 0 Å². The Morgan fingerprint density at radius 3 is 2.61 bits per heavy atom. The summed E-state index contributed by atoms with van der Waals surface area (Å²) in [5.74, 6) is -1.85. The van der Waals surface area contributed by atoms with E-state index in [4.69, 9.17) is 4.74 Å². The monoisotopic (exact) mass is 501 g/mol. The molecule has 0 aliphatic carbocycles. The predicted octanol–water partition coefficient (Wildman–Crippen LogP) is -0.239. The molecule has 2 aliphatic heterocycles. The zero-order valence-corrected chi connectivity index (χ0v) is 19.3. The van der Waals surface area contributed by atoms with Gasteiger partial charge in [-0.2, -0.15) is 0 Å². The fourth-order valence-corrected chi connectivity index (χ4v) is 5.67. The summed E-state index contributed by atoms with van der Waals surface area (Å²) in [6.45, 7) is -0.543. The number of fused-ring (bicyclic) bond motifs is 1. The van der Waals surface area contributed by atoms with E-state index in [9.17, 15) is 37.8 Å². The Morgan fingerprint density at radius 1 is 1.36 bits per heavy atom. The summed E-state index contributed by atoms with van der Waals surface area (Å²) in [6, 6.07) is 4.97. The third kappa shape index (κ3) is 5.70. The number of hydrogen-bond donors (Lipinski definition) is 2. The molecule has 0 aromatic heterocycles. The molecule has 1 saturated heterocycles. The average Bonchev–Trinajstić information content (AvgIpc) is 3.11. The van der Waals surface area contributed by atoms with Gasteiger partial charge in [0.2, 0.25) is 15.9 Å². The number of sulfonamides is 1. The number of rotatable bonds is 11. The number of β-lactam (4-membered cyclic amide) rings is 1. The zero-order chi connectivity index (χ0) is 24.3. The van der Waals surface area contributed by atoms with E-state index < -0.39 is 44.1 Å². The van der Waals surface area contributed by atoms with Crippen molar-refractivity contribution in [1.82, 2.24) is 9.62 Å². The SMILES string of the molecule is CS(=O)(=O)NCC[S+]([O-])C1=C(C(=O)OCc2ccc([N+](=O)[O-])cc2)N2C(=O)C(CCO)C2C1. The number of nitrogens with one attached hydrogen (secondary N) is 1. The molecule has 14 heteroatoms. The first-order valence-corrected chi connectivity index (χ1v) is 13.1. The number of nitrogens with zero attached hydrogens (tertiary/aromatic N) is 2. The van der Waals surface area contributed by atoms with Gasteiger partial charge in [0.15, 0.2) is 10.6 Å². The van der Waals surface area contributed by atoms with Crippen LogP contribution in [0.4, 0.5) is 5.69 Å². The van der Waals surface area contributed by atoms with Crippen LogP contribution < -0.4 is 4.72 Å². The Hall–Kier alpha value is -2.52. The number of hydrogen-bond acceptors (Lipinski definition) is 9. The van der Waals surface area contributed by atoms with E-state index in [0.717, 1.165) is 6.26 Å². The molecule has 0 saturated carbocycles. The lowest BCUT2D eigenvalue weighted by atomic mass is 9.85. The minimum absolute atomic E-state index is 0.0963. The summed E-state index contributed by atoms with van der Waals surface area (Å²) < 4.78 is 42.9. The largest absolute Gasteiger partial charge is 0.612 e. The number of esters is 1. The molecule has 1 aromatic carbocycles. The molecule has 1 amide bonds. The summed E-state index contributed by atoms with van der Waals surface area (Å²) >= 11 is -1.75. The van der Waals surface area contributed by atoms with Crippen molar-refractivity contribution in [2.24, 2.45) is 5.92 Å². The van der Waals surface area contributed by atoms with Crippen molar-refractivity contribution in [2.45, 2.75) is 25.5 Å². The van der Waals surface area contributed by atoms with E-state index in [2.05, 4.69) is 4.72 Å². The summed E-state index contributed by atoms with van der Waals surface area (Å²) in [7, 11) is -3.48. The van der Waals surface area contributed by atoms with Crippen molar-refractivity contribution in [3.05, 3.63) is 50.5 Å². The minimum Gasteiger partial charge on any atom is -0.612 e. The number of amides is 1. The number of carbonyl (C=O) groups excluding carboxylic acids is 2. The van der Waals surface area contributed by atoms with Gasteiger partial charge in [0.05, 0.1) is 29.7 Å². The molecule has 0 spiro atoms. The second-order valence-corrected chi connectivity index (χ2v) is 11.0. The molecule has 0 bridgehead atoms. The van der Waals surface area contributed by atoms with Crippen molar-refractivity contribution < 1.29 is 37.3 Å². The fraction of sp³-hybridized carbons (Fsp3) is 0.474. The Morgan fingerprint density at radius 2 is 2.03 bits per heavy atom. The van der Waals surface area contributed by atoms with Gasteiger partial charge in [0.25, 0.3) is 5.69 Å². The Bertz CT molecular complexity index is 1070. The highest BCUT2D eigenvalue weighted by atomic mass is 32.2. The first kappa shape index (κ1) is 25.1. The third-order valence-electron chi connectivity index (χ3n) is 5.33. The van der Waals surface area contributed by atoms with Crippen LogP contribution in [0.15, 0.2) is 34.9 Å². The van der Waals surface area contributed by atoms with Crippen molar-refractivity contribution >= 4 is 38.8 Å². The van der Waals surface area contributed by atoms with Crippen LogP contribution in [0.2, 0.25) is 0 Å². The number of non-ortho nitro benzene ring substituents is 1. The lowest BCUT2D eigenvalue weighted by molar-refractivity contribution is -0.384. The van der Waals surface area contributed by atoms with Gasteiger partial charge in [-0.3, -0.25) is 19.8 Å². The Balaban J connectivity index is 1.75. The van der Waals surface area contributed by atoms with Crippen LogP contribution in [0.5, 0.6) is 0 Å². The maximum absolute atomic E-state index is 12.9. The lowest BCUT2D eigenvalue weighted by Gasteiger charge is -2.42. The van der Waals surface area contributed by atoms with E-state index in [1.165, 1.54) is 29.2 Å². The van der Waals surface area contributed by atoms with Crippen molar-refractivity contribution in [3.8, 4) is 0 Å². The standard InChI is InChI=1S/C19H23N3O9S2/c1-33(29,30)20-7-9-32(28)16-10-15-14(6-8-23)18(24)21(15)17(16)19(25)31-11-12-2-4-13(5-3-12)22(26)27/h2-5,14-15,20,23H,6-11H2,1H3. The summed E-state index contributed by atoms with van der Waals surface area (Å²) in [5, 5.41) is 20.0. The number of benzene rings is 1. The van der Waals surface area contributed by atoms with Crippen molar-refractivity contribution in [3.63, 3.8) is 0 Å². The third-order valence-corrected chi connectivity index (χ3v) is 7.54. The van der Waals surface area contributed by atoms with E-state index in [0.29, 0.717) is 5.56 Å². The number of aliphatic hydroxyl groups is 1. The van der Waals surface area contributed by atoms with Gasteiger partial charge in [0.1, 0.15) is 12.4 Å². The topological polar surface area (TPSA) is 179 Å². The molecule has 180 valence electrons. The first-order chi connectivity index (χ1) is 15.5. The lowest BCUT2D eigenvalue weighted by Crippen LogP contribution is -2.58. The molecular weight excluding hydrogens is 478 g/mol. The molecule has 2 N–H and O–H groups in total. The molecule has 12 nitrogen and oxygen atoms in total. The predicted molar refractivity (Wildman–Crippen MR) is 116 cm³/mol. The van der Waals surface area contributed by atoms with Gasteiger partial charge in [-0.1, -0.05) is 0 Å². The van der Waals surface area contributed by atoms with Gasteiger partial charge in [-0.25, -0.2) is 17.9 Å². The van der Waals surface area contributed by atoms with Crippen LogP contribution in [0.3, 0.4) is 0 Å². The van der Waals surface area contributed by atoms with Crippen LogP contribution in [0, 0.1) is 16.0 Å². The van der Waals surface area contributed by atoms with E-state index in [1.54, 1.807) is 0 Å². The highest BCUT2D eigenvalue weighted by Crippen LogP contribution is 2.45. The highest BCUT2D eigenvalue weighted by molar-refractivity contribution is 7.95. The smallest absolute Gasteiger partial charge is 0.360 e. The second-order valence-electron chi connectivity index (χ2n) is 7.59. The van der Waals surface area contributed by atoms with Gasteiger partial charge in [-0.05, 0) is 35.3 Å². The van der Waals surface area contributed by atoms with Crippen LogP contribution in [0.25, 0.3) is 0 Å². The van der Waals surface area contributed by atoms with Crippen LogP contribution >= 0.6 is 0 Å². The maximum Gasteiger partial charge on any atom is 0.360 e. The number of ether oxygens (including phenoxy) is 1. The average molecular weight is 502 g/mol. The molecule has 3 atom stereocenters. The Kier molecular flexibility index (Phi) is 7.74. The molecule has 1 fully saturated rings. The van der Waals surface area contributed by atoms with Crippen LogP contribution in [-0.4, -0.2) is 71.0 Å². The van der Waals surface area contributed by atoms with E-state index >= 15 is 0 Å². The molecular formula is C19H23N3O9S2. The van der Waals surface area contributed by atoms with E-state index in [1.807, 2.05) is 0 Å². The normalized spacial score (nSPS) is 20.9. The highest BCUT2D eigenvalue weighted by Gasteiger charge is 2.57. The van der Waals surface area contributed by atoms with Gasteiger partial charge in [-0.15, -0.1) is 0 Å². The van der Waals surface area contributed by atoms with Gasteiger partial charge >= 0.3 is 5.97 Å². The molecule has 0 radical (unpaired) electrons.